The van der Waals surface area contributed by atoms with Crippen molar-refractivity contribution in [3.63, 3.8) is 0 Å². The highest BCUT2D eigenvalue weighted by atomic mass is 16.2. The van der Waals surface area contributed by atoms with E-state index in [4.69, 9.17) is 16.6 Å². The molecule has 8 nitrogen and oxygen atoms in total. The number of carbonyl (C=O) groups excluding carboxylic acids is 1. The highest BCUT2D eigenvalue weighted by Crippen LogP contribution is 2.15. The van der Waals surface area contributed by atoms with Gasteiger partial charge in [-0.05, 0) is 55.7 Å². The number of nitrogens with two attached hydrogens (primary N) is 1. The first-order valence-electron chi connectivity index (χ1n) is 12.1. The van der Waals surface area contributed by atoms with E-state index in [9.17, 15) is 4.79 Å². The van der Waals surface area contributed by atoms with Crippen LogP contribution in [-0.2, 0) is 17.8 Å². The zero-order valence-electron chi connectivity index (χ0n) is 21.6. The van der Waals surface area contributed by atoms with Crippen LogP contribution in [0.1, 0.15) is 30.5 Å². The van der Waals surface area contributed by atoms with Gasteiger partial charge in [-0.25, -0.2) is 0 Å². The molecule has 0 spiro atoms. The molecule has 4 aromatic rings. The van der Waals surface area contributed by atoms with Crippen LogP contribution in [0.3, 0.4) is 0 Å². The average molecular weight is 498 g/mol. The van der Waals surface area contributed by atoms with Gasteiger partial charge in [-0.1, -0.05) is 48.5 Å². The Morgan fingerprint density at radius 1 is 0.973 bits per heavy atom. The number of fused-ring (bicyclic) bond motifs is 1. The molecule has 8 heteroatoms. The van der Waals surface area contributed by atoms with Crippen LogP contribution < -0.4 is 11.1 Å². The second-order valence-corrected chi connectivity index (χ2v) is 9.42. The third kappa shape index (κ3) is 8.12. The smallest absolute Gasteiger partial charge is 0.239 e. The van der Waals surface area contributed by atoms with Crippen LogP contribution in [0.25, 0.3) is 10.9 Å². The average Bonchev–Trinajstić information content (AvgIpc) is 3.27. The van der Waals surface area contributed by atoms with E-state index in [0.29, 0.717) is 13.0 Å². The molecule has 0 fully saturated rings. The largest absolute Gasteiger partial charge is 0.361 e. The number of aromatic amines is 1. The molecule has 0 saturated heterocycles. The number of nitrogens with one attached hydrogen (secondary N) is 4. The highest BCUT2D eigenvalue weighted by molar-refractivity contribution is 6.01. The summed E-state index contributed by atoms with van der Waals surface area (Å²) in [6.07, 6.45) is 5.78. The van der Waals surface area contributed by atoms with Crippen molar-refractivity contribution in [2.24, 2.45) is 5.73 Å². The van der Waals surface area contributed by atoms with E-state index in [1.165, 1.54) is 16.5 Å². The summed E-state index contributed by atoms with van der Waals surface area (Å²) in [6, 6.07) is 21.7. The summed E-state index contributed by atoms with van der Waals surface area (Å²) >= 11 is 0. The lowest BCUT2D eigenvalue weighted by Crippen LogP contribution is -2.52. The Bertz CT molecular complexity index is 1320. The first-order chi connectivity index (χ1) is 17.6. The Labute approximate surface area is 217 Å². The Hall–Kier alpha value is -4.30. The van der Waals surface area contributed by atoms with Crippen LogP contribution in [0, 0.1) is 17.7 Å². The van der Waals surface area contributed by atoms with Crippen molar-refractivity contribution in [1.29, 1.82) is 10.8 Å². The molecular weight excluding hydrogens is 462 g/mol. The van der Waals surface area contributed by atoms with E-state index in [2.05, 4.69) is 40.4 Å². The van der Waals surface area contributed by atoms with Crippen LogP contribution in [0.5, 0.6) is 0 Å². The maximum atomic E-state index is 12.0. The van der Waals surface area contributed by atoms with Crippen LogP contribution >= 0.6 is 0 Å². The van der Waals surface area contributed by atoms with Gasteiger partial charge in [-0.2, -0.15) is 0 Å². The molecule has 2 aromatic carbocycles. The van der Waals surface area contributed by atoms with E-state index in [0.717, 1.165) is 11.1 Å². The van der Waals surface area contributed by atoms with Gasteiger partial charge in [0.15, 0.2) is 0 Å². The van der Waals surface area contributed by atoms with Gasteiger partial charge in [0.2, 0.25) is 5.91 Å². The Balaban J connectivity index is 0.000000313. The van der Waals surface area contributed by atoms with Crippen molar-refractivity contribution in [1.82, 2.24) is 20.2 Å². The first kappa shape index (κ1) is 27.3. The molecule has 0 aliphatic carbocycles. The predicted molar refractivity (Wildman–Crippen MR) is 150 cm³/mol. The molecule has 0 bridgehead atoms. The normalized spacial score (nSPS) is 10.8. The molecule has 0 unspecified atom stereocenters. The van der Waals surface area contributed by atoms with Crippen LogP contribution in [0.4, 0.5) is 0 Å². The van der Waals surface area contributed by atoms with Crippen molar-refractivity contribution in [2.45, 2.75) is 39.3 Å². The number of rotatable bonds is 7. The molecule has 0 aliphatic rings. The van der Waals surface area contributed by atoms with E-state index >= 15 is 0 Å². The number of amidine groups is 2. The lowest BCUT2D eigenvalue weighted by atomic mass is 10.1. The fourth-order valence-corrected chi connectivity index (χ4v) is 3.61. The van der Waals surface area contributed by atoms with Gasteiger partial charge >= 0.3 is 0 Å². The molecule has 37 heavy (non-hydrogen) atoms. The molecule has 192 valence electrons. The molecule has 0 atom stereocenters. The summed E-state index contributed by atoms with van der Waals surface area (Å²) in [5.74, 6) is 0.0697. The minimum absolute atomic E-state index is 0.00170. The second-order valence-electron chi connectivity index (χ2n) is 9.42. The van der Waals surface area contributed by atoms with Crippen LogP contribution in [0.2, 0.25) is 0 Å². The minimum atomic E-state index is -1.02. The van der Waals surface area contributed by atoms with Crippen molar-refractivity contribution in [3.8, 4) is 0 Å². The third-order valence-electron chi connectivity index (χ3n) is 5.75. The number of hydrogen-bond donors (Lipinski definition) is 5. The summed E-state index contributed by atoms with van der Waals surface area (Å²) < 4.78 is 0. The Kier molecular flexibility index (Phi) is 9.29. The molecular formula is C29H35N7O. The summed E-state index contributed by atoms with van der Waals surface area (Å²) in [5, 5.41) is 20.9. The molecule has 4 rings (SSSR count). The summed E-state index contributed by atoms with van der Waals surface area (Å²) in [7, 11) is 0. The highest BCUT2D eigenvalue weighted by Gasteiger charge is 2.23. The van der Waals surface area contributed by atoms with Crippen molar-refractivity contribution < 1.29 is 4.79 Å². The van der Waals surface area contributed by atoms with Gasteiger partial charge < -0.3 is 20.9 Å². The van der Waals surface area contributed by atoms with Gasteiger partial charge in [0.25, 0.3) is 0 Å². The number of nitrogens with zero attached hydrogens (tertiary/aromatic N) is 2. The number of amides is 1. The number of benzene rings is 2. The minimum Gasteiger partial charge on any atom is -0.361 e. The lowest BCUT2D eigenvalue weighted by Gasteiger charge is -2.27. The van der Waals surface area contributed by atoms with Gasteiger partial charge in [-0.3, -0.25) is 20.6 Å². The standard InChI is InChI=1S/C20H26N6O.C9H9N/c1-20(2,23)19(27)25-13-18(22)26(14-16-8-10-24-11-9-16)17(21)12-15-6-4-3-5-7-15;1-7-6-10-9-5-3-2-4-8(7)9/h3-11,21-22H,12-14,23H2,1-2H3,(H,25,27);2-6,10H,1H3. The van der Waals surface area contributed by atoms with Crippen LogP contribution in [-0.4, -0.2) is 44.5 Å². The van der Waals surface area contributed by atoms with Crippen LogP contribution in [0.15, 0.2) is 85.3 Å². The van der Waals surface area contributed by atoms with E-state index in [1.54, 1.807) is 31.1 Å². The zero-order valence-corrected chi connectivity index (χ0v) is 21.6. The number of aromatic nitrogens is 2. The maximum Gasteiger partial charge on any atom is 0.239 e. The quantitative estimate of drug-likeness (QED) is 0.191. The SMILES string of the molecule is CC(C)(N)C(=O)NCC(=N)N(Cc1ccncc1)C(=N)Cc1ccccc1.Cc1c[nH]c2ccccc12. The summed E-state index contributed by atoms with van der Waals surface area (Å²) in [6.45, 7) is 5.69. The van der Waals surface area contributed by atoms with E-state index in [-0.39, 0.29) is 24.1 Å². The maximum absolute atomic E-state index is 12.0. The van der Waals surface area contributed by atoms with Crippen molar-refractivity contribution in [2.75, 3.05) is 6.54 Å². The summed E-state index contributed by atoms with van der Waals surface area (Å²) in [5.41, 5.74) is 9.22. The molecule has 0 radical (unpaired) electrons. The number of aryl methyl sites for hydroxylation is 1. The van der Waals surface area contributed by atoms with E-state index in [1.807, 2.05) is 54.7 Å². The first-order valence-corrected chi connectivity index (χ1v) is 12.1. The Morgan fingerprint density at radius 2 is 1.62 bits per heavy atom. The van der Waals surface area contributed by atoms with Gasteiger partial charge in [0.1, 0.15) is 11.7 Å². The third-order valence-corrected chi connectivity index (χ3v) is 5.75. The van der Waals surface area contributed by atoms with Crippen molar-refractivity contribution >= 4 is 28.5 Å². The molecule has 2 heterocycles. The monoisotopic (exact) mass is 497 g/mol. The fraction of sp³-hybridized carbons (Fsp3) is 0.241. The lowest BCUT2D eigenvalue weighted by molar-refractivity contribution is -0.124. The van der Waals surface area contributed by atoms with Crippen molar-refractivity contribution in [3.05, 3.63) is 102 Å². The Morgan fingerprint density at radius 3 is 2.27 bits per heavy atom. The van der Waals surface area contributed by atoms with E-state index < -0.39 is 5.54 Å². The summed E-state index contributed by atoms with van der Waals surface area (Å²) in [4.78, 5) is 20.8. The topological polar surface area (TPSA) is 135 Å². The fourth-order valence-electron chi connectivity index (χ4n) is 3.61. The molecule has 2 aromatic heterocycles. The van der Waals surface area contributed by atoms with Gasteiger partial charge in [0, 0.05) is 35.9 Å². The number of pyridine rings is 1. The number of H-pyrrole nitrogens is 1. The second kappa shape index (κ2) is 12.6. The molecule has 0 aliphatic heterocycles. The van der Waals surface area contributed by atoms with Gasteiger partial charge in [-0.15, -0.1) is 0 Å². The molecule has 1 amide bonds. The zero-order chi connectivity index (χ0) is 26.8. The number of para-hydroxylation sites is 1. The van der Waals surface area contributed by atoms with Gasteiger partial charge in [0.05, 0.1) is 18.6 Å². The molecule has 6 N–H and O–H groups in total. The number of hydrogen-bond acceptors (Lipinski definition) is 5. The molecule has 0 saturated carbocycles. The predicted octanol–water partition coefficient (Wildman–Crippen LogP) is 4.41. The number of carbonyl (C=O) groups is 1.